The van der Waals surface area contributed by atoms with Gasteiger partial charge in [-0.25, -0.2) is 4.79 Å². The summed E-state index contributed by atoms with van der Waals surface area (Å²) >= 11 is 0. The molecule has 0 saturated heterocycles. The zero-order chi connectivity index (χ0) is 13.0. The number of aryl methyl sites for hydroxylation is 2. The number of hydrogen-bond donors (Lipinski definition) is 1. The molecule has 0 bridgehead atoms. The Balaban J connectivity index is 3.53. The van der Waals surface area contributed by atoms with E-state index in [-0.39, 0.29) is 5.56 Å². The molecule has 0 aromatic heterocycles. The van der Waals surface area contributed by atoms with Crippen molar-refractivity contribution < 1.29 is 19.4 Å². The molecular formula is C13H18O4. The van der Waals surface area contributed by atoms with Crippen LogP contribution in [0.5, 0.6) is 11.5 Å². The highest BCUT2D eigenvalue weighted by atomic mass is 16.5. The van der Waals surface area contributed by atoms with E-state index in [1.165, 1.54) is 14.2 Å². The quantitative estimate of drug-likeness (QED) is 0.856. The highest BCUT2D eigenvalue weighted by Crippen LogP contribution is 2.35. The summed E-state index contributed by atoms with van der Waals surface area (Å²) in [5, 5.41) is 9.27. The van der Waals surface area contributed by atoms with Crippen LogP contribution in [0.3, 0.4) is 0 Å². The van der Waals surface area contributed by atoms with E-state index in [1.54, 1.807) is 0 Å². The van der Waals surface area contributed by atoms with E-state index in [9.17, 15) is 9.90 Å². The fourth-order valence-corrected chi connectivity index (χ4v) is 2.00. The first-order valence-electron chi connectivity index (χ1n) is 5.54. The van der Waals surface area contributed by atoms with Crippen molar-refractivity contribution >= 4 is 5.97 Å². The summed E-state index contributed by atoms with van der Waals surface area (Å²) in [6.07, 6.45) is 1.72. The van der Waals surface area contributed by atoms with Crippen molar-refractivity contribution in [3.05, 3.63) is 22.8 Å². The van der Waals surface area contributed by atoms with Gasteiger partial charge in [-0.05, 0) is 30.5 Å². The third kappa shape index (κ3) is 2.52. The fourth-order valence-electron chi connectivity index (χ4n) is 2.00. The Bertz CT molecular complexity index is 424. The van der Waals surface area contributed by atoms with Crippen molar-refractivity contribution in [2.24, 2.45) is 0 Å². The largest absolute Gasteiger partial charge is 0.495 e. The molecule has 0 heterocycles. The summed E-state index contributed by atoms with van der Waals surface area (Å²) in [4.78, 5) is 11.3. The molecule has 0 aliphatic rings. The predicted octanol–water partition coefficient (Wildman–Crippen LogP) is 2.66. The van der Waals surface area contributed by atoms with Gasteiger partial charge in [0, 0.05) is 0 Å². The second-order valence-corrected chi connectivity index (χ2v) is 3.85. The second kappa shape index (κ2) is 5.57. The van der Waals surface area contributed by atoms with Crippen molar-refractivity contribution in [2.45, 2.75) is 26.7 Å². The van der Waals surface area contributed by atoms with Gasteiger partial charge in [-0.2, -0.15) is 0 Å². The molecule has 1 N–H and O–H groups in total. The fraction of sp³-hybridized carbons (Fsp3) is 0.462. The summed E-state index contributed by atoms with van der Waals surface area (Å²) in [6.45, 7) is 3.88. The Kier molecular flexibility index (Phi) is 4.37. The van der Waals surface area contributed by atoms with Crippen molar-refractivity contribution in [2.75, 3.05) is 14.2 Å². The Labute approximate surface area is 101 Å². The molecule has 0 aliphatic carbocycles. The number of methoxy groups -OCH3 is 2. The summed E-state index contributed by atoms with van der Waals surface area (Å²) < 4.78 is 10.4. The molecule has 4 heteroatoms. The molecule has 0 fully saturated rings. The molecule has 0 atom stereocenters. The number of ether oxygens (including phenoxy) is 2. The van der Waals surface area contributed by atoms with E-state index in [1.807, 2.05) is 19.9 Å². The van der Waals surface area contributed by atoms with Crippen molar-refractivity contribution in [1.82, 2.24) is 0 Å². The number of carboxylic acid groups (broad SMARTS) is 1. The lowest BCUT2D eigenvalue weighted by Gasteiger charge is -2.16. The molecule has 0 radical (unpaired) electrons. The van der Waals surface area contributed by atoms with Gasteiger partial charge in [0.2, 0.25) is 0 Å². The van der Waals surface area contributed by atoms with Crippen LogP contribution < -0.4 is 9.47 Å². The lowest BCUT2D eigenvalue weighted by molar-refractivity contribution is 0.0689. The first-order valence-corrected chi connectivity index (χ1v) is 5.54. The maximum atomic E-state index is 11.3. The van der Waals surface area contributed by atoms with Gasteiger partial charge in [0.15, 0.2) is 0 Å². The SMILES string of the molecule is CCCc1cc(C)c(OC)c(C(=O)O)c1OC. The minimum absolute atomic E-state index is 0.110. The van der Waals surface area contributed by atoms with Crippen LogP contribution in [0.15, 0.2) is 6.07 Å². The lowest BCUT2D eigenvalue weighted by Crippen LogP contribution is -2.08. The Hall–Kier alpha value is -1.71. The Morgan fingerprint density at radius 2 is 1.88 bits per heavy atom. The number of rotatable bonds is 5. The first-order chi connectivity index (χ1) is 8.06. The molecule has 0 spiro atoms. The van der Waals surface area contributed by atoms with Gasteiger partial charge in [-0.15, -0.1) is 0 Å². The van der Waals surface area contributed by atoms with Crippen LogP contribution >= 0.6 is 0 Å². The van der Waals surface area contributed by atoms with Crippen LogP contribution in [0, 0.1) is 6.92 Å². The van der Waals surface area contributed by atoms with Gasteiger partial charge in [0.1, 0.15) is 17.1 Å². The van der Waals surface area contributed by atoms with Crippen molar-refractivity contribution in [3.8, 4) is 11.5 Å². The molecule has 1 rings (SSSR count). The molecule has 0 aliphatic heterocycles. The Morgan fingerprint density at radius 1 is 1.29 bits per heavy atom. The standard InChI is InChI=1S/C13H18O4/c1-5-6-9-7-8(2)11(16-3)10(13(14)15)12(9)17-4/h7H,5-6H2,1-4H3,(H,14,15). The molecule has 1 aromatic carbocycles. The van der Waals surface area contributed by atoms with E-state index in [0.717, 1.165) is 24.0 Å². The molecule has 0 unspecified atom stereocenters. The smallest absolute Gasteiger partial charge is 0.343 e. The highest BCUT2D eigenvalue weighted by Gasteiger charge is 2.22. The van der Waals surface area contributed by atoms with Gasteiger partial charge in [0.25, 0.3) is 0 Å². The average molecular weight is 238 g/mol. The summed E-state index contributed by atoms with van der Waals surface area (Å²) in [5.41, 5.74) is 1.83. The van der Waals surface area contributed by atoms with Crippen LogP contribution in [0.1, 0.15) is 34.8 Å². The van der Waals surface area contributed by atoms with Crippen LogP contribution in [0.4, 0.5) is 0 Å². The van der Waals surface area contributed by atoms with Crippen molar-refractivity contribution in [3.63, 3.8) is 0 Å². The maximum Gasteiger partial charge on any atom is 0.343 e. The van der Waals surface area contributed by atoms with E-state index in [0.29, 0.717) is 11.5 Å². The van der Waals surface area contributed by atoms with Crippen LogP contribution in [0.2, 0.25) is 0 Å². The van der Waals surface area contributed by atoms with Gasteiger partial charge in [0.05, 0.1) is 14.2 Å². The zero-order valence-corrected chi connectivity index (χ0v) is 10.7. The summed E-state index contributed by atoms with van der Waals surface area (Å²) in [6, 6.07) is 1.92. The monoisotopic (exact) mass is 238 g/mol. The van der Waals surface area contributed by atoms with E-state index < -0.39 is 5.97 Å². The number of carboxylic acids is 1. The Morgan fingerprint density at radius 3 is 2.29 bits per heavy atom. The van der Waals surface area contributed by atoms with Gasteiger partial charge in [-0.3, -0.25) is 0 Å². The average Bonchev–Trinajstić information content (AvgIpc) is 2.28. The van der Waals surface area contributed by atoms with Gasteiger partial charge >= 0.3 is 5.97 Å². The topological polar surface area (TPSA) is 55.8 Å². The van der Waals surface area contributed by atoms with E-state index >= 15 is 0 Å². The van der Waals surface area contributed by atoms with E-state index in [2.05, 4.69) is 0 Å². The number of benzene rings is 1. The highest BCUT2D eigenvalue weighted by molar-refractivity contribution is 5.95. The summed E-state index contributed by atoms with van der Waals surface area (Å²) in [5.74, 6) is -0.254. The van der Waals surface area contributed by atoms with Crippen LogP contribution in [0.25, 0.3) is 0 Å². The minimum Gasteiger partial charge on any atom is -0.495 e. The summed E-state index contributed by atoms with van der Waals surface area (Å²) in [7, 11) is 2.95. The molecule has 94 valence electrons. The minimum atomic E-state index is -1.03. The van der Waals surface area contributed by atoms with Gasteiger partial charge in [-0.1, -0.05) is 13.3 Å². The third-order valence-electron chi connectivity index (χ3n) is 2.64. The van der Waals surface area contributed by atoms with Gasteiger partial charge < -0.3 is 14.6 Å². The lowest BCUT2D eigenvalue weighted by atomic mass is 10.00. The molecule has 0 saturated carbocycles. The van der Waals surface area contributed by atoms with Crippen LogP contribution in [-0.2, 0) is 6.42 Å². The normalized spacial score (nSPS) is 10.1. The second-order valence-electron chi connectivity index (χ2n) is 3.85. The first kappa shape index (κ1) is 13.4. The molecule has 1 aromatic rings. The molecule has 17 heavy (non-hydrogen) atoms. The number of hydrogen-bond acceptors (Lipinski definition) is 3. The molecule has 4 nitrogen and oxygen atoms in total. The number of carbonyl (C=O) groups is 1. The third-order valence-corrected chi connectivity index (χ3v) is 2.64. The zero-order valence-electron chi connectivity index (χ0n) is 10.7. The van der Waals surface area contributed by atoms with Crippen LogP contribution in [-0.4, -0.2) is 25.3 Å². The number of aromatic carboxylic acids is 1. The predicted molar refractivity (Wildman–Crippen MR) is 65.2 cm³/mol. The molecular weight excluding hydrogens is 220 g/mol. The van der Waals surface area contributed by atoms with Crippen molar-refractivity contribution in [1.29, 1.82) is 0 Å². The van der Waals surface area contributed by atoms with E-state index in [4.69, 9.17) is 9.47 Å². The molecule has 0 amide bonds. The maximum absolute atomic E-state index is 11.3.